The van der Waals surface area contributed by atoms with Crippen LogP contribution in [-0.4, -0.2) is 43.1 Å². The second-order valence-corrected chi connectivity index (χ2v) is 7.88. The Balaban J connectivity index is 2.94. The average molecular weight is 373 g/mol. The van der Waals surface area contributed by atoms with E-state index in [0.717, 1.165) is 0 Å². The standard InChI is InChI=1S/C14H22F3NO5S/c1-5-18(12(19)22-13(2,3)4)10-7-6-8-11(9-10)23-24(20,21)14(15,16)17/h9-10H,5-8H2,1-4H3. The van der Waals surface area contributed by atoms with E-state index in [9.17, 15) is 26.4 Å². The van der Waals surface area contributed by atoms with Crippen LogP contribution in [0.1, 0.15) is 47.0 Å². The van der Waals surface area contributed by atoms with E-state index in [0.29, 0.717) is 12.8 Å². The molecule has 0 bridgehead atoms. The Bertz CT molecular complexity index is 593. The zero-order chi connectivity index (χ0) is 18.8. The van der Waals surface area contributed by atoms with Crippen molar-refractivity contribution in [3.8, 4) is 0 Å². The predicted molar refractivity (Wildman–Crippen MR) is 80.4 cm³/mol. The maximum atomic E-state index is 12.4. The van der Waals surface area contributed by atoms with Gasteiger partial charge in [0.05, 0.1) is 6.04 Å². The van der Waals surface area contributed by atoms with Gasteiger partial charge in [0.1, 0.15) is 11.4 Å². The summed E-state index contributed by atoms with van der Waals surface area (Å²) >= 11 is 0. The Morgan fingerprint density at radius 1 is 1.33 bits per heavy atom. The van der Waals surface area contributed by atoms with Gasteiger partial charge in [0, 0.05) is 13.0 Å². The number of nitrogens with zero attached hydrogens (tertiary/aromatic N) is 1. The highest BCUT2D eigenvalue weighted by Crippen LogP contribution is 2.31. The molecular weight excluding hydrogens is 351 g/mol. The van der Waals surface area contributed by atoms with Crippen molar-refractivity contribution in [1.29, 1.82) is 0 Å². The third kappa shape index (κ3) is 5.57. The van der Waals surface area contributed by atoms with E-state index in [1.54, 1.807) is 27.7 Å². The number of halogens is 3. The Morgan fingerprint density at radius 2 is 1.92 bits per heavy atom. The van der Waals surface area contributed by atoms with Crippen molar-refractivity contribution in [2.24, 2.45) is 0 Å². The van der Waals surface area contributed by atoms with Crippen LogP contribution in [0.2, 0.25) is 0 Å². The Labute approximate surface area is 139 Å². The minimum absolute atomic E-state index is 0.0533. The van der Waals surface area contributed by atoms with Gasteiger partial charge >= 0.3 is 21.7 Å². The van der Waals surface area contributed by atoms with Gasteiger partial charge in [-0.25, -0.2) is 4.79 Å². The number of carbonyl (C=O) groups excluding carboxylic acids is 1. The average Bonchev–Trinajstić information content (AvgIpc) is 2.35. The topological polar surface area (TPSA) is 72.9 Å². The van der Waals surface area contributed by atoms with Crippen molar-refractivity contribution < 1.29 is 35.3 Å². The number of allylic oxidation sites excluding steroid dienone is 1. The monoisotopic (exact) mass is 373 g/mol. The maximum Gasteiger partial charge on any atom is 0.534 e. The number of carbonyl (C=O) groups is 1. The molecule has 0 saturated heterocycles. The molecule has 1 rings (SSSR count). The van der Waals surface area contributed by atoms with E-state index in [1.807, 2.05) is 0 Å². The zero-order valence-electron chi connectivity index (χ0n) is 14.0. The molecule has 1 amide bonds. The molecule has 1 aliphatic rings. The molecule has 24 heavy (non-hydrogen) atoms. The SMILES string of the molecule is CCN(C(=O)OC(C)(C)C)C1C=C(OS(=O)(=O)C(F)(F)F)CCC1. The van der Waals surface area contributed by atoms with Crippen LogP contribution in [0.25, 0.3) is 0 Å². The minimum atomic E-state index is -5.71. The lowest BCUT2D eigenvalue weighted by atomic mass is 10.0. The number of amides is 1. The summed E-state index contributed by atoms with van der Waals surface area (Å²) in [6.07, 6.45) is 1.54. The van der Waals surface area contributed by atoms with Crippen molar-refractivity contribution in [1.82, 2.24) is 4.90 Å². The molecule has 0 N–H and O–H groups in total. The molecule has 0 aromatic rings. The molecule has 1 aliphatic carbocycles. The fourth-order valence-corrected chi connectivity index (χ4v) is 2.70. The van der Waals surface area contributed by atoms with E-state index < -0.39 is 33.4 Å². The first-order valence-electron chi connectivity index (χ1n) is 7.48. The van der Waals surface area contributed by atoms with Gasteiger partial charge in [-0.15, -0.1) is 0 Å². The van der Waals surface area contributed by atoms with E-state index in [2.05, 4.69) is 4.18 Å². The van der Waals surface area contributed by atoms with Crippen molar-refractivity contribution in [3.05, 3.63) is 11.8 Å². The third-order valence-corrected chi connectivity index (χ3v) is 4.17. The quantitative estimate of drug-likeness (QED) is 0.557. The highest BCUT2D eigenvalue weighted by molar-refractivity contribution is 7.87. The predicted octanol–water partition coefficient (Wildman–Crippen LogP) is 3.55. The van der Waals surface area contributed by atoms with Crippen LogP contribution in [0.5, 0.6) is 0 Å². The van der Waals surface area contributed by atoms with Gasteiger partial charge in [0.2, 0.25) is 0 Å². The molecule has 0 heterocycles. The molecule has 0 aromatic heterocycles. The number of hydrogen-bond donors (Lipinski definition) is 0. The summed E-state index contributed by atoms with van der Waals surface area (Å²) in [5, 5.41) is 0. The summed E-state index contributed by atoms with van der Waals surface area (Å²) in [7, 11) is -5.71. The van der Waals surface area contributed by atoms with Crippen molar-refractivity contribution >= 4 is 16.2 Å². The fourth-order valence-electron chi connectivity index (χ4n) is 2.19. The van der Waals surface area contributed by atoms with Gasteiger partial charge < -0.3 is 13.8 Å². The summed E-state index contributed by atoms with van der Waals surface area (Å²) in [5.74, 6) is -0.314. The normalized spacial score (nSPS) is 19.5. The van der Waals surface area contributed by atoms with E-state index in [4.69, 9.17) is 4.74 Å². The number of ether oxygens (including phenoxy) is 1. The van der Waals surface area contributed by atoms with Crippen LogP contribution in [0.3, 0.4) is 0 Å². The highest BCUT2D eigenvalue weighted by Gasteiger charge is 2.49. The van der Waals surface area contributed by atoms with Crippen LogP contribution in [0.15, 0.2) is 11.8 Å². The van der Waals surface area contributed by atoms with Crippen molar-refractivity contribution in [2.75, 3.05) is 6.54 Å². The largest absolute Gasteiger partial charge is 0.534 e. The van der Waals surface area contributed by atoms with Crippen LogP contribution in [0.4, 0.5) is 18.0 Å². The molecule has 1 atom stereocenters. The van der Waals surface area contributed by atoms with Crippen LogP contribution in [0, 0.1) is 0 Å². The zero-order valence-corrected chi connectivity index (χ0v) is 14.8. The smallest absolute Gasteiger partial charge is 0.444 e. The summed E-state index contributed by atoms with van der Waals surface area (Å²) in [4.78, 5) is 13.5. The Kier molecular flexibility index (Phi) is 6.18. The number of hydrogen-bond acceptors (Lipinski definition) is 5. The second-order valence-electron chi connectivity index (χ2n) is 6.34. The van der Waals surface area contributed by atoms with E-state index >= 15 is 0 Å². The van der Waals surface area contributed by atoms with Crippen LogP contribution < -0.4 is 0 Å². The minimum Gasteiger partial charge on any atom is -0.444 e. The van der Waals surface area contributed by atoms with Crippen molar-refractivity contribution in [2.45, 2.75) is 64.1 Å². The van der Waals surface area contributed by atoms with Gasteiger partial charge in [0.15, 0.2) is 0 Å². The highest BCUT2D eigenvalue weighted by atomic mass is 32.2. The molecule has 0 saturated carbocycles. The molecule has 140 valence electrons. The first-order chi connectivity index (χ1) is 10.8. The maximum absolute atomic E-state index is 12.4. The molecule has 10 heteroatoms. The lowest BCUT2D eigenvalue weighted by molar-refractivity contribution is -0.0525. The first kappa shape index (κ1) is 20.6. The molecule has 1 unspecified atom stereocenters. The van der Waals surface area contributed by atoms with Crippen molar-refractivity contribution in [3.63, 3.8) is 0 Å². The van der Waals surface area contributed by atoms with Gasteiger partial charge in [0.25, 0.3) is 0 Å². The number of likely N-dealkylation sites (N-methyl/N-ethyl adjacent to an activating group) is 1. The van der Waals surface area contributed by atoms with Gasteiger partial charge in [-0.05, 0) is 46.6 Å². The Morgan fingerprint density at radius 3 is 2.38 bits per heavy atom. The lowest BCUT2D eigenvalue weighted by Gasteiger charge is -2.33. The van der Waals surface area contributed by atoms with Gasteiger partial charge in [-0.1, -0.05) is 0 Å². The molecule has 0 fully saturated rings. The van der Waals surface area contributed by atoms with E-state index in [-0.39, 0.29) is 18.7 Å². The number of rotatable bonds is 4. The Hall–Kier alpha value is -1.45. The first-order valence-corrected chi connectivity index (χ1v) is 8.88. The summed E-state index contributed by atoms with van der Waals surface area (Å²) in [5.41, 5.74) is -6.21. The third-order valence-electron chi connectivity index (χ3n) is 3.17. The number of alkyl halides is 3. The summed E-state index contributed by atoms with van der Waals surface area (Å²) < 4.78 is 68.8. The van der Waals surface area contributed by atoms with E-state index in [1.165, 1.54) is 11.0 Å². The summed E-state index contributed by atoms with van der Waals surface area (Å²) in [6, 6.07) is -0.586. The lowest BCUT2D eigenvalue weighted by Crippen LogP contribution is -2.43. The molecule has 0 radical (unpaired) electrons. The van der Waals surface area contributed by atoms with Gasteiger partial charge in [-0.2, -0.15) is 21.6 Å². The molecule has 0 aliphatic heterocycles. The van der Waals surface area contributed by atoms with Crippen LogP contribution >= 0.6 is 0 Å². The molecular formula is C14H22F3NO5S. The fraction of sp³-hybridized carbons (Fsp3) is 0.786. The molecule has 0 aromatic carbocycles. The van der Waals surface area contributed by atoms with Crippen LogP contribution in [-0.2, 0) is 19.0 Å². The summed E-state index contributed by atoms with van der Waals surface area (Å²) in [6.45, 7) is 7.04. The van der Waals surface area contributed by atoms with Gasteiger partial charge in [-0.3, -0.25) is 0 Å². The molecule has 0 spiro atoms. The molecule has 6 nitrogen and oxygen atoms in total. The second kappa shape index (κ2) is 7.20.